The number of amides is 4. The molecule has 1 saturated carbocycles. The van der Waals surface area contributed by atoms with E-state index in [4.69, 9.17) is 30.2 Å². The molecule has 4 atom stereocenters. The van der Waals surface area contributed by atoms with Crippen molar-refractivity contribution in [3.8, 4) is 28.9 Å². The highest BCUT2D eigenvalue weighted by Crippen LogP contribution is 2.55. The number of aliphatic hydroxyl groups excluding tert-OH is 1. The van der Waals surface area contributed by atoms with Crippen LogP contribution in [0.2, 0.25) is 5.02 Å². The zero-order chi connectivity index (χ0) is 48.8. The number of hydrogen-bond donors (Lipinski definition) is 4. The highest BCUT2D eigenvalue weighted by molar-refractivity contribution is 6.31. The number of unbranched alkanes of at least 4 members (excludes halogenated alkanes) is 1. The molecule has 0 radical (unpaired) electrons. The molecule has 16 heteroatoms. The molecule has 67 heavy (non-hydrogen) atoms. The van der Waals surface area contributed by atoms with Gasteiger partial charge in [-0.2, -0.15) is 5.26 Å². The molecule has 2 aliphatic rings. The second-order valence-electron chi connectivity index (χ2n) is 19.8. The van der Waals surface area contributed by atoms with Crippen LogP contribution in [0.15, 0.2) is 77.5 Å². The molecule has 4 amide bonds. The standard InChI is InChI=1S/C51H63ClN6O9/c1-30(32-12-14-33(15-13-32)42-31(2)54-29-66-42)55-45(62)40-24-36(59)27-58(40)46(63)43(49(3,4)5)56-41(60)28-64-22-10-11-23-65-37-19-16-34(17-20-37)44(61)57-47-50(6,7)48(51(47,8)9)67-38-21-18-35(26-53)39(52)25-38/h12-21,25,29-30,36,40,43,47-48,59H,10-11,22-24,27-28H2,1-9H3,(H,55,62)(H,56,60)(H,57,61)/t30?,36-,40+,43?,47?,48?/m1/s1. The normalized spacial score (nSPS) is 20.4. The highest BCUT2D eigenvalue weighted by atomic mass is 35.5. The lowest BCUT2D eigenvalue weighted by atomic mass is 9.49. The Morgan fingerprint density at radius 3 is 2.24 bits per heavy atom. The fourth-order valence-electron chi connectivity index (χ4n) is 9.39. The number of hydrogen-bond acceptors (Lipinski definition) is 11. The number of aliphatic hydroxyl groups is 1. The molecule has 1 aliphatic carbocycles. The molecule has 1 saturated heterocycles. The molecule has 2 fully saturated rings. The number of likely N-dealkylation sites (tertiary alicyclic amines) is 1. The Bertz CT molecular complexity index is 2420. The minimum absolute atomic E-state index is 0.0362. The van der Waals surface area contributed by atoms with Gasteiger partial charge >= 0.3 is 0 Å². The van der Waals surface area contributed by atoms with E-state index in [1.54, 1.807) is 42.5 Å². The number of oxazole rings is 1. The molecule has 4 aromatic rings. The van der Waals surface area contributed by atoms with Crippen LogP contribution >= 0.6 is 11.6 Å². The number of nitrogens with one attached hydrogen (secondary N) is 3. The van der Waals surface area contributed by atoms with Gasteiger partial charge < -0.3 is 44.6 Å². The molecule has 2 unspecified atom stereocenters. The third-order valence-corrected chi connectivity index (χ3v) is 13.1. The van der Waals surface area contributed by atoms with Gasteiger partial charge in [0.2, 0.25) is 17.7 Å². The summed E-state index contributed by atoms with van der Waals surface area (Å²) in [5.74, 6) is 0.313. The number of ether oxygens (including phenoxy) is 3. The topological polar surface area (TPSA) is 205 Å². The predicted octanol–water partition coefficient (Wildman–Crippen LogP) is 7.33. The maximum Gasteiger partial charge on any atom is 0.251 e. The summed E-state index contributed by atoms with van der Waals surface area (Å²) in [5, 5.41) is 29.2. The fraction of sp³-hybridized carbons (Fsp3) is 0.490. The van der Waals surface area contributed by atoms with Crippen molar-refractivity contribution >= 4 is 35.2 Å². The number of aryl methyl sites for hydroxylation is 1. The first-order valence-electron chi connectivity index (χ1n) is 22.7. The third kappa shape index (κ3) is 11.8. The molecule has 1 aromatic heterocycles. The van der Waals surface area contributed by atoms with Gasteiger partial charge in [0.1, 0.15) is 42.4 Å². The summed E-state index contributed by atoms with van der Waals surface area (Å²) in [6.07, 6.45) is 1.60. The van der Waals surface area contributed by atoms with E-state index in [1.165, 1.54) is 11.3 Å². The van der Waals surface area contributed by atoms with E-state index in [9.17, 15) is 29.5 Å². The number of aromatic nitrogens is 1. The Labute approximate surface area is 397 Å². The number of carbonyl (C=O) groups is 4. The van der Waals surface area contributed by atoms with E-state index in [0.717, 1.165) is 16.8 Å². The lowest BCUT2D eigenvalue weighted by Crippen LogP contribution is -2.74. The number of β-amino-alcohol motifs (C(OH)–C–C–N with tert-alkyl or cyclic N) is 1. The first-order valence-corrected chi connectivity index (χ1v) is 23.1. The summed E-state index contributed by atoms with van der Waals surface area (Å²) >= 11 is 6.23. The van der Waals surface area contributed by atoms with Crippen LogP contribution in [-0.2, 0) is 19.1 Å². The summed E-state index contributed by atoms with van der Waals surface area (Å²) in [6.45, 7) is 17.8. The van der Waals surface area contributed by atoms with E-state index < -0.39 is 52.2 Å². The number of halogens is 1. The fourth-order valence-corrected chi connectivity index (χ4v) is 9.60. The molecule has 1 aliphatic heterocycles. The number of nitriles is 1. The van der Waals surface area contributed by atoms with Gasteiger partial charge in [0.25, 0.3) is 5.91 Å². The average molecular weight is 940 g/mol. The van der Waals surface area contributed by atoms with Crippen LogP contribution in [0, 0.1) is 34.5 Å². The minimum atomic E-state index is -0.981. The van der Waals surface area contributed by atoms with Crippen molar-refractivity contribution in [3.05, 3.63) is 101 Å². The van der Waals surface area contributed by atoms with Crippen LogP contribution in [0.3, 0.4) is 0 Å². The van der Waals surface area contributed by atoms with Crippen molar-refractivity contribution in [1.29, 1.82) is 5.26 Å². The molecule has 15 nitrogen and oxygen atoms in total. The van der Waals surface area contributed by atoms with E-state index in [2.05, 4.69) is 54.7 Å². The molecular weight excluding hydrogens is 876 g/mol. The summed E-state index contributed by atoms with van der Waals surface area (Å²) in [5.41, 5.74) is 1.84. The van der Waals surface area contributed by atoms with Gasteiger partial charge in [-0.1, -0.05) is 84.3 Å². The van der Waals surface area contributed by atoms with Gasteiger partial charge in [-0.15, -0.1) is 0 Å². The SMILES string of the molecule is Cc1ncoc1-c1ccc(C(C)NC(=O)[C@@H]2C[C@@H](O)CN2C(=O)C(NC(=O)COCCCCOc2ccc(C(=O)NC3C(C)(C)C(Oc4ccc(C#N)c(Cl)c4)C3(C)C)cc2)C(C)(C)C)cc1. The number of carbonyl (C=O) groups excluding carboxylic acids is 4. The number of nitrogens with zero attached hydrogens (tertiary/aromatic N) is 3. The van der Waals surface area contributed by atoms with Crippen LogP contribution in [0.4, 0.5) is 0 Å². The van der Waals surface area contributed by atoms with E-state index in [-0.39, 0.29) is 50.3 Å². The number of benzene rings is 3. The van der Waals surface area contributed by atoms with Crippen molar-refractivity contribution in [2.24, 2.45) is 16.2 Å². The molecule has 0 bridgehead atoms. The van der Waals surface area contributed by atoms with Crippen LogP contribution in [0.25, 0.3) is 11.3 Å². The van der Waals surface area contributed by atoms with Gasteiger partial charge in [0.15, 0.2) is 12.2 Å². The molecule has 358 valence electrons. The summed E-state index contributed by atoms with van der Waals surface area (Å²) in [4.78, 5) is 59.6. The smallest absolute Gasteiger partial charge is 0.251 e. The predicted molar refractivity (Wildman–Crippen MR) is 252 cm³/mol. The second kappa shape index (κ2) is 20.9. The Kier molecular flexibility index (Phi) is 15.8. The van der Waals surface area contributed by atoms with E-state index in [1.807, 2.05) is 58.9 Å². The molecule has 2 heterocycles. The quantitative estimate of drug-likeness (QED) is 0.0727. The van der Waals surface area contributed by atoms with Crippen LogP contribution in [-0.4, -0.2) is 95.3 Å². The monoisotopic (exact) mass is 938 g/mol. The lowest BCUT2D eigenvalue weighted by molar-refractivity contribution is -0.164. The van der Waals surface area contributed by atoms with E-state index in [0.29, 0.717) is 52.9 Å². The van der Waals surface area contributed by atoms with Gasteiger partial charge in [-0.25, -0.2) is 4.98 Å². The van der Waals surface area contributed by atoms with Crippen LogP contribution in [0.1, 0.15) is 108 Å². The molecule has 0 spiro atoms. The first kappa shape index (κ1) is 50.5. The summed E-state index contributed by atoms with van der Waals surface area (Å²) < 4.78 is 23.4. The summed E-state index contributed by atoms with van der Waals surface area (Å²) in [6, 6.07) is 19.1. The van der Waals surface area contributed by atoms with Crippen molar-refractivity contribution in [3.63, 3.8) is 0 Å². The van der Waals surface area contributed by atoms with Gasteiger partial charge in [-0.3, -0.25) is 19.2 Å². The Morgan fingerprint density at radius 1 is 0.970 bits per heavy atom. The Hall–Kier alpha value is -5.95. The van der Waals surface area contributed by atoms with Crippen LogP contribution in [0.5, 0.6) is 11.5 Å². The van der Waals surface area contributed by atoms with Crippen molar-refractivity contribution in [2.45, 2.75) is 118 Å². The van der Waals surface area contributed by atoms with Crippen molar-refractivity contribution < 1.29 is 42.9 Å². The van der Waals surface area contributed by atoms with Crippen molar-refractivity contribution in [2.75, 3.05) is 26.4 Å². The molecule has 6 rings (SSSR count). The van der Waals surface area contributed by atoms with Gasteiger partial charge in [0.05, 0.1) is 35.0 Å². The maximum absolute atomic E-state index is 14.0. The lowest BCUT2D eigenvalue weighted by Gasteiger charge is -2.63. The average Bonchev–Trinajstić information content (AvgIpc) is 3.90. The zero-order valence-electron chi connectivity index (χ0n) is 39.8. The number of rotatable bonds is 18. The van der Waals surface area contributed by atoms with Crippen molar-refractivity contribution in [1.82, 2.24) is 25.8 Å². The second-order valence-corrected chi connectivity index (χ2v) is 20.2. The van der Waals surface area contributed by atoms with Gasteiger partial charge in [-0.05, 0) is 74.1 Å². The van der Waals surface area contributed by atoms with E-state index >= 15 is 0 Å². The third-order valence-electron chi connectivity index (χ3n) is 12.8. The van der Waals surface area contributed by atoms with Gasteiger partial charge in [0, 0.05) is 53.6 Å². The summed E-state index contributed by atoms with van der Waals surface area (Å²) in [7, 11) is 0. The maximum atomic E-state index is 14.0. The highest BCUT2D eigenvalue weighted by Gasteiger charge is 2.64. The molecular formula is C51H63ClN6O9. The van der Waals surface area contributed by atoms with Crippen LogP contribution < -0.4 is 25.4 Å². The molecule has 3 aromatic carbocycles. The zero-order valence-corrected chi connectivity index (χ0v) is 40.5. The largest absolute Gasteiger partial charge is 0.494 e. The molecule has 4 N–H and O–H groups in total. The Balaban J connectivity index is 0.906. The minimum Gasteiger partial charge on any atom is -0.494 e. The first-order chi connectivity index (χ1) is 31.6. The Morgan fingerprint density at radius 2 is 1.63 bits per heavy atom.